The largest absolute Gasteiger partial charge is 0.271 e. The number of hydrazine groups is 1. The van der Waals surface area contributed by atoms with E-state index in [4.69, 9.17) is 5.84 Å². The fourth-order valence-electron chi connectivity index (χ4n) is 1.60. The molecule has 2 heterocycles. The molecule has 2 aromatic rings. The third-order valence-electron chi connectivity index (χ3n) is 2.33. The number of aryl methyl sites for hydroxylation is 2. The number of rotatable bonds is 3. The van der Waals surface area contributed by atoms with Gasteiger partial charge in [-0.1, -0.05) is 6.07 Å². The van der Waals surface area contributed by atoms with Crippen LogP contribution in [-0.2, 0) is 0 Å². The first-order valence-electron chi connectivity index (χ1n) is 5.00. The highest BCUT2D eigenvalue weighted by atomic mass is 32.1. The Morgan fingerprint density at radius 1 is 1.38 bits per heavy atom. The molecule has 1 unspecified atom stereocenters. The molecule has 2 rings (SSSR count). The second kappa shape index (κ2) is 4.69. The predicted octanol–water partition coefficient (Wildman–Crippen LogP) is 1.71. The van der Waals surface area contributed by atoms with Crippen LogP contribution in [0.2, 0.25) is 0 Å². The first-order chi connectivity index (χ1) is 7.70. The Hall–Kier alpha value is -1.30. The molecule has 0 aliphatic heterocycles. The number of hydrogen-bond donors (Lipinski definition) is 2. The van der Waals surface area contributed by atoms with Crippen molar-refractivity contribution in [1.29, 1.82) is 0 Å². The minimum absolute atomic E-state index is 0.0858. The zero-order chi connectivity index (χ0) is 11.5. The molecule has 84 valence electrons. The SMILES string of the molecule is Cc1cncc(C(NN)c2csc(C)n2)c1. The highest BCUT2D eigenvalue weighted by Crippen LogP contribution is 2.22. The van der Waals surface area contributed by atoms with Gasteiger partial charge in [0.15, 0.2) is 0 Å². The van der Waals surface area contributed by atoms with Gasteiger partial charge in [-0.15, -0.1) is 11.3 Å². The van der Waals surface area contributed by atoms with Crippen molar-refractivity contribution in [3.63, 3.8) is 0 Å². The fourth-order valence-corrected chi connectivity index (χ4v) is 2.24. The molecule has 0 amide bonds. The van der Waals surface area contributed by atoms with E-state index in [1.54, 1.807) is 11.3 Å². The van der Waals surface area contributed by atoms with Crippen LogP contribution in [0.3, 0.4) is 0 Å². The lowest BCUT2D eigenvalue weighted by atomic mass is 10.1. The first-order valence-corrected chi connectivity index (χ1v) is 5.88. The third kappa shape index (κ3) is 2.27. The van der Waals surface area contributed by atoms with Crippen molar-refractivity contribution in [2.75, 3.05) is 0 Å². The average Bonchev–Trinajstić information content (AvgIpc) is 2.66. The molecule has 0 aliphatic carbocycles. The summed E-state index contributed by atoms with van der Waals surface area (Å²) in [4.78, 5) is 8.60. The lowest BCUT2D eigenvalue weighted by Gasteiger charge is -2.13. The van der Waals surface area contributed by atoms with Crippen molar-refractivity contribution in [2.24, 2.45) is 5.84 Å². The molecule has 16 heavy (non-hydrogen) atoms. The summed E-state index contributed by atoms with van der Waals surface area (Å²) < 4.78 is 0. The van der Waals surface area contributed by atoms with E-state index in [-0.39, 0.29) is 6.04 Å². The Balaban J connectivity index is 2.36. The van der Waals surface area contributed by atoms with E-state index in [0.717, 1.165) is 21.8 Å². The normalized spacial score (nSPS) is 12.7. The Morgan fingerprint density at radius 3 is 2.75 bits per heavy atom. The Bertz CT molecular complexity index is 480. The van der Waals surface area contributed by atoms with E-state index in [1.807, 2.05) is 31.6 Å². The van der Waals surface area contributed by atoms with Crippen LogP contribution in [0, 0.1) is 13.8 Å². The van der Waals surface area contributed by atoms with Crippen molar-refractivity contribution in [1.82, 2.24) is 15.4 Å². The molecule has 0 spiro atoms. The Labute approximate surface area is 98.5 Å². The van der Waals surface area contributed by atoms with E-state index < -0.39 is 0 Å². The van der Waals surface area contributed by atoms with Crippen LogP contribution in [0.5, 0.6) is 0 Å². The molecule has 2 aromatic heterocycles. The standard InChI is InChI=1S/C11H14N4S/c1-7-3-9(5-13-4-7)11(15-12)10-6-16-8(2)14-10/h3-6,11,15H,12H2,1-2H3. The summed E-state index contributed by atoms with van der Waals surface area (Å²) in [6, 6.07) is 1.98. The smallest absolute Gasteiger partial charge is 0.0904 e. The van der Waals surface area contributed by atoms with Gasteiger partial charge in [-0.25, -0.2) is 10.4 Å². The van der Waals surface area contributed by atoms with Gasteiger partial charge >= 0.3 is 0 Å². The molecule has 0 bridgehead atoms. The lowest BCUT2D eigenvalue weighted by molar-refractivity contribution is 0.620. The second-order valence-electron chi connectivity index (χ2n) is 3.69. The van der Waals surface area contributed by atoms with E-state index in [0.29, 0.717) is 0 Å². The van der Waals surface area contributed by atoms with Crippen molar-refractivity contribution in [2.45, 2.75) is 19.9 Å². The summed E-state index contributed by atoms with van der Waals surface area (Å²) in [7, 11) is 0. The van der Waals surface area contributed by atoms with Crippen LogP contribution in [-0.4, -0.2) is 9.97 Å². The molecule has 5 heteroatoms. The van der Waals surface area contributed by atoms with Crippen LogP contribution in [0.1, 0.15) is 27.9 Å². The van der Waals surface area contributed by atoms with E-state index in [9.17, 15) is 0 Å². The number of aromatic nitrogens is 2. The molecule has 0 saturated carbocycles. The summed E-state index contributed by atoms with van der Waals surface area (Å²) in [5, 5.41) is 3.05. The predicted molar refractivity (Wildman–Crippen MR) is 65.0 cm³/mol. The second-order valence-corrected chi connectivity index (χ2v) is 4.75. The molecule has 0 saturated heterocycles. The molecular weight excluding hydrogens is 220 g/mol. The van der Waals surface area contributed by atoms with Gasteiger partial charge in [0.05, 0.1) is 16.7 Å². The molecule has 0 fully saturated rings. The van der Waals surface area contributed by atoms with Gasteiger partial charge < -0.3 is 0 Å². The number of thiazole rings is 1. The van der Waals surface area contributed by atoms with Gasteiger partial charge in [0, 0.05) is 17.8 Å². The molecule has 0 aromatic carbocycles. The molecule has 0 aliphatic rings. The van der Waals surface area contributed by atoms with E-state index in [2.05, 4.69) is 21.5 Å². The molecule has 3 N–H and O–H groups in total. The number of hydrogen-bond acceptors (Lipinski definition) is 5. The molecular formula is C11H14N4S. The van der Waals surface area contributed by atoms with Crippen LogP contribution in [0.4, 0.5) is 0 Å². The number of pyridine rings is 1. The zero-order valence-corrected chi connectivity index (χ0v) is 10.1. The highest BCUT2D eigenvalue weighted by molar-refractivity contribution is 7.09. The molecule has 1 atom stereocenters. The van der Waals surface area contributed by atoms with Gasteiger partial charge in [-0.05, 0) is 25.0 Å². The van der Waals surface area contributed by atoms with Crippen LogP contribution >= 0.6 is 11.3 Å². The van der Waals surface area contributed by atoms with Crippen molar-refractivity contribution >= 4 is 11.3 Å². The highest BCUT2D eigenvalue weighted by Gasteiger charge is 2.15. The maximum absolute atomic E-state index is 5.58. The van der Waals surface area contributed by atoms with E-state index in [1.165, 1.54) is 0 Å². The summed E-state index contributed by atoms with van der Waals surface area (Å²) in [6.07, 6.45) is 3.63. The molecule has 0 radical (unpaired) electrons. The minimum atomic E-state index is -0.0858. The topological polar surface area (TPSA) is 63.8 Å². The Kier molecular flexibility index (Phi) is 3.28. The zero-order valence-electron chi connectivity index (χ0n) is 9.27. The number of nitrogens with zero attached hydrogens (tertiary/aromatic N) is 2. The molecule has 4 nitrogen and oxygen atoms in total. The summed E-state index contributed by atoms with van der Waals surface area (Å²) in [6.45, 7) is 3.99. The number of nitrogens with two attached hydrogens (primary N) is 1. The maximum atomic E-state index is 5.58. The van der Waals surface area contributed by atoms with Crippen LogP contribution in [0.15, 0.2) is 23.8 Å². The summed E-state index contributed by atoms with van der Waals surface area (Å²) in [5.74, 6) is 5.58. The fraction of sp³-hybridized carbons (Fsp3) is 0.273. The third-order valence-corrected chi connectivity index (χ3v) is 3.12. The van der Waals surface area contributed by atoms with Gasteiger partial charge in [0.2, 0.25) is 0 Å². The summed E-state index contributed by atoms with van der Waals surface area (Å²) in [5.41, 5.74) is 5.87. The van der Waals surface area contributed by atoms with Crippen molar-refractivity contribution in [3.8, 4) is 0 Å². The quantitative estimate of drug-likeness (QED) is 0.627. The lowest BCUT2D eigenvalue weighted by Crippen LogP contribution is -2.29. The van der Waals surface area contributed by atoms with Gasteiger partial charge in [0.25, 0.3) is 0 Å². The maximum Gasteiger partial charge on any atom is 0.0904 e. The van der Waals surface area contributed by atoms with Crippen molar-refractivity contribution in [3.05, 3.63) is 45.7 Å². The number of nitrogens with one attached hydrogen (secondary N) is 1. The van der Waals surface area contributed by atoms with Gasteiger partial charge in [-0.3, -0.25) is 10.8 Å². The monoisotopic (exact) mass is 234 g/mol. The first kappa shape index (κ1) is 11.2. The summed E-state index contributed by atoms with van der Waals surface area (Å²) >= 11 is 1.62. The van der Waals surface area contributed by atoms with Crippen LogP contribution < -0.4 is 11.3 Å². The van der Waals surface area contributed by atoms with Crippen molar-refractivity contribution < 1.29 is 0 Å². The van der Waals surface area contributed by atoms with Gasteiger partial charge in [0.1, 0.15) is 0 Å². The van der Waals surface area contributed by atoms with Gasteiger partial charge in [-0.2, -0.15) is 0 Å². The minimum Gasteiger partial charge on any atom is -0.271 e. The average molecular weight is 234 g/mol. The van der Waals surface area contributed by atoms with Crippen LogP contribution in [0.25, 0.3) is 0 Å². The van der Waals surface area contributed by atoms with E-state index >= 15 is 0 Å². The Morgan fingerprint density at radius 2 is 2.19 bits per heavy atom.